The first-order valence-corrected chi connectivity index (χ1v) is 4.89. The molecule has 0 unspecified atom stereocenters. The van der Waals surface area contributed by atoms with Crippen LogP contribution >= 0.6 is 0 Å². The molecule has 0 aromatic rings. The molecule has 1 aliphatic rings. The van der Waals surface area contributed by atoms with Crippen molar-refractivity contribution in [2.45, 2.75) is 27.7 Å². The van der Waals surface area contributed by atoms with E-state index in [0.29, 0.717) is 5.92 Å². The zero-order valence-corrected chi connectivity index (χ0v) is 9.55. The molecule has 1 saturated carbocycles. The van der Waals surface area contributed by atoms with E-state index in [1.54, 1.807) is 0 Å². The molecule has 0 spiro atoms. The average Bonchev–Trinajstić information content (AvgIpc) is 2.52. The highest BCUT2D eigenvalue weighted by Crippen LogP contribution is 2.59. The number of hydrogen-bond donors (Lipinski definition) is 1. The molecule has 1 rings (SSSR count). The Bertz CT molecular complexity index is 264. The van der Waals surface area contributed by atoms with Crippen LogP contribution in [0, 0.1) is 17.3 Å². The molecular formula is C11H19NO2. The highest BCUT2D eigenvalue weighted by Gasteiger charge is 2.60. The molecular weight excluding hydrogens is 178 g/mol. The Hall–Kier alpha value is -0.830. The predicted molar refractivity (Wildman–Crippen MR) is 55.3 cm³/mol. The van der Waals surface area contributed by atoms with Crippen LogP contribution in [0.4, 0.5) is 0 Å². The van der Waals surface area contributed by atoms with Crippen LogP contribution in [0.2, 0.25) is 0 Å². The molecule has 1 fully saturated rings. The van der Waals surface area contributed by atoms with E-state index < -0.39 is 0 Å². The molecule has 0 radical (unpaired) electrons. The van der Waals surface area contributed by atoms with E-state index in [4.69, 9.17) is 0 Å². The van der Waals surface area contributed by atoms with Crippen LogP contribution < -0.4 is 5.48 Å². The maximum Gasteiger partial charge on any atom is 0.247 e. The second-order valence-electron chi connectivity index (χ2n) is 4.74. The molecule has 80 valence electrons. The van der Waals surface area contributed by atoms with Crippen LogP contribution in [-0.2, 0) is 9.63 Å². The largest absolute Gasteiger partial charge is 0.277 e. The minimum absolute atomic E-state index is 0.0139. The van der Waals surface area contributed by atoms with Gasteiger partial charge in [0.25, 0.3) is 0 Å². The lowest BCUT2D eigenvalue weighted by Gasteiger charge is -2.01. The smallest absolute Gasteiger partial charge is 0.247 e. The van der Waals surface area contributed by atoms with Gasteiger partial charge in [0, 0.05) is 0 Å². The number of carbonyl (C=O) groups is 1. The number of hydrogen-bond acceptors (Lipinski definition) is 2. The normalized spacial score (nSPS) is 28.1. The summed E-state index contributed by atoms with van der Waals surface area (Å²) in [5.41, 5.74) is 3.73. The second-order valence-corrected chi connectivity index (χ2v) is 4.74. The summed E-state index contributed by atoms with van der Waals surface area (Å²) in [6, 6.07) is 0. The summed E-state index contributed by atoms with van der Waals surface area (Å²) in [5, 5.41) is 0. The van der Waals surface area contributed by atoms with Gasteiger partial charge in [-0.05, 0) is 25.2 Å². The molecule has 0 heterocycles. The Labute approximate surface area is 85.5 Å². The van der Waals surface area contributed by atoms with Crippen LogP contribution in [0.5, 0.6) is 0 Å². The molecule has 1 N–H and O–H groups in total. The zero-order chi connectivity index (χ0) is 10.9. The molecule has 1 amide bonds. The minimum Gasteiger partial charge on any atom is -0.277 e. The molecule has 3 heteroatoms. The van der Waals surface area contributed by atoms with Crippen molar-refractivity contribution >= 4 is 5.91 Å². The molecule has 0 aliphatic heterocycles. The second kappa shape index (κ2) is 3.73. The van der Waals surface area contributed by atoms with Crippen molar-refractivity contribution in [3.8, 4) is 0 Å². The number of amides is 1. The third-order valence-corrected chi connectivity index (χ3v) is 2.91. The van der Waals surface area contributed by atoms with E-state index >= 15 is 0 Å². The van der Waals surface area contributed by atoms with Gasteiger partial charge in [-0.25, -0.2) is 5.48 Å². The molecule has 0 aromatic carbocycles. The Morgan fingerprint density at radius 3 is 2.43 bits per heavy atom. The maximum absolute atomic E-state index is 11.5. The van der Waals surface area contributed by atoms with Crippen molar-refractivity contribution in [1.29, 1.82) is 0 Å². The summed E-state index contributed by atoms with van der Waals surface area (Å²) in [6.45, 7) is 8.33. The fourth-order valence-electron chi connectivity index (χ4n) is 2.01. The van der Waals surface area contributed by atoms with Crippen LogP contribution in [0.25, 0.3) is 0 Å². The molecule has 3 nitrogen and oxygen atoms in total. The molecule has 0 saturated heterocycles. The first kappa shape index (κ1) is 11.2. The standard InChI is InChI=1S/C11H19NO2/c1-7(2)6-8-9(11(8,3)4)10(13)12-14-5/h6,8-9H,1-5H3,(H,12,13)/t8-,9+/m0/s1. The van der Waals surface area contributed by atoms with Crippen molar-refractivity contribution in [2.24, 2.45) is 17.3 Å². The third kappa shape index (κ3) is 1.98. The van der Waals surface area contributed by atoms with Gasteiger partial charge in [0.2, 0.25) is 5.91 Å². The fourth-order valence-corrected chi connectivity index (χ4v) is 2.01. The van der Waals surface area contributed by atoms with Gasteiger partial charge in [0.05, 0.1) is 13.0 Å². The van der Waals surface area contributed by atoms with Crippen LogP contribution in [-0.4, -0.2) is 13.0 Å². The van der Waals surface area contributed by atoms with Gasteiger partial charge in [-0.2, -0.15) is 0 Å². The Morgan fingerprint density at radius 1 is 1.43 bits per heavy atom. The predicted octanol–water partition coefficient (Wildman–Crippen LogP) is 1.90. The lowest BCUT2D eigenvalue weighted by Crippen LogP contribution is -2.25. The highest BCUT2D eigenvalue weighted by atomic mass is 16.6. The highest BCUT2D eigenvalue weighted by molar-refractivity contribution is 5.82. The Morgan fingerprint density at radius 2 is 2.00 bits per heavy atom. The summed E-state index contributed by atoms with van der Waals surface area (Å²) in [5.74, 6) is 0.389. The van der Waals surface area contributed by atoms with Gasteiger partial charge in [0.1, 0.15) is 0 Å². The first-order valence-electron chi connectivity index (χ1n) is 4.89. The van der Waals surface area contributed by atoms with Gasteiger partial charge >= 0.3 is 0 Å². The van der Waals surface area contributed by atoms with E-state index in [0.717, 1.165) is 0 Å². The Balaban J connectivity index is 2.66. The van der Waals surface area contributed by atoms with E-state index in [9.17, 15) is 4.79 Å². The lowest BCUT2D eigenvalue weighted by atomic mass is 10.1. The fraction of sp³-hybridized carbons (Fsp3) is 0.727. The number of carbonyl (C=O) groups excluding carboxylic acids is 1. The number of rotatable bonds is 3. The number of hydroxylamine groups is 1. The molecule has 2 atom stereocenters. The average molecular weight is 197 g/mol. The molecule has 14 heavy (non-hydrogen) atoms. The van der Waals surface area contributed by atoms with Crippen molar-refractivity contribution in [2.75, 3.05) is 7.11 Å². The summed E-state index contributed by atoms with van der Waals surface area (Å²) in [7, 11) is 1.46. The molecule has 1 aliphatic carbocycles. The quantitative estimate of drug-likeness (QED) is 0.554. The van der Waals surface area contributed by atoms with Crippen LogP contribution in [0.15, 0.2) is 11.6 Å². The SMILES string of the molecule is CONC(=O)[C@H]1[C@H](C=C(C)C)C1(C)C. The third-order valence-electron chi connectivity index (χ3n) is 2.91. The topological polar surface area (TPSA) is 38.3 Å². The molecule has 0 bridgehead atoms. The maximum atomic E-state index is 11.5. The van der Waals surface area contributed by atoms with Crippen molar-refractivity contribution in [1.82, 2.24) is 5.48 Å². The summed E-state index contributed by atoms with van der Waals surface area (Å²) in [6.07, 6.45) is 2.17. The van der Waals surface area contributed by atoms with Gasteiger partial charge in [-0.15, -0.1) is 0 Å². The number of allylic oxidation sites excluding steroid dienone is 2. The first-order chi connectivity index (χ1) is 6.41. The van der Waals surface area contributed by atoms with E-state index in [1.807, 2.05) is 0 Å². The van der Waals surface area contributed by atoms with E-state index in [2.05, 4.69) is 44.1 Å². The van der Waals surface area contributed by atoms with Gasteiger partial charge < -0.3 is 0 Å². The van der Waals surface area contributed by atoms with E-state index in [1.165, 1.54) is 12.7 Å². The van der Waals surface area contributed by atoms with Crippen LogP contribution in [0.3, 0.4) is 0 Å². The van der Waals surface area contributed by atoms with Crippen molar-refractivity contribution in [3.63, 3.8) is 0 Å². The molecule has 0 aromatic heterocycles. The Kier molecular flexibility index (Phi) is 3.00. The van der Waals surface area contributed by atoms with E-state index in [-0.39, 0.29) is 17.2 Å². The summed E-state index contributed by atoms with van der Waals surface area (Å²) in [4.78, 5) is 16.2. The zero-order valence-electron chi connectivity index (χ0n) is 9.55. The number of nitrogens with one attached hydrogen (secondary N) is 1. The van der Waals surface area contributed by atoms with Gasteiger partial charge in [-0.1, -0.05) is 25.5 Å². The van der Waals surface area contributed by atoms with Crippen LogP contribution in [0.1, 0.15) is 27.7 Å². The van der Waals surface area contributed by atoms with Crippen molar-refractivity contribution < 1.29 is 9.63 Å². The van der Waals surface area contributed by atoms with Gasteiger partial charge in [0.15, 0.2) is 0 Å². The minimum atomic E-state index is -0.0139. The summed E-state index contributed by atoms with van der Waals surface area (Å²) >= 11 is 0. The monoisotopic (exact) mass is 197 g/mol. The summed E-state index contributed by atoms with van der Waals surface area (Å²) < 4.78 is 0. The van der Waals surface area contributed by atoms with Crippen molar-refractivity contribution in [3.05, 3.63) is 11.6 Å². The van der Waals surface area contributed by atoms with Gasteiger partial charge in [-0.3, -0.25) is 9.63 Å². The lowest BCUT2D eigenvalue weighted by molar-refractivity contribution is -0.133.